The van der Waals surface area contributed by atoms with E-state index in [1.54, 1.807) is 16.9 Å². The van der Waals surface area contributed by atoms with E-state index in [0.717, 1.165) is 22.6 Å². The molecule has 174 valence electrons. The van der Waals surface area contributed by atoms with Gasteiger partial charge in [-0.2, -0.15) is 0 Å². The molecule has 8 heteroatoms. The maximum absolute atomic E-state index is 13.1. The van der Waals surface area contributed by atoms with Gasteiger partial charge in [-0.05, 0) is 31.5 Å². The average Bonchev–Trinajstić information content (AvgIpc) is 2.97. The van der Waals surface area contributed by atoms with Crippen LogP contribution in [0.3, 0.4) is 0 Å². The molecule has 1 unspecified atom stereocenters. The molecule has 1 fully saturated rings. The van der Waals surface area contributed by atoms with Crippen LogP contribution in [0, 0.1) is 19.3 Å². The number of methoxy groups -OCH3 is 1. The van der Waals surface area contributed by atoms with Crippen LogP contribution in [0.5, 0.6) is 5.75 Å². The molecule has 2 aromatic rings. The fourth-order valence-electron chi connectivity index (χ4n) is 3.77. The van der Waals surface area contributed by atoms with Gasteiger partial charge in [0.2, 0.25) is 11.8 Å². The summed E-state index contributed by atoms with van der Waals surface area (Å²) in [7, 11) is 1.62. The second kappa shape index (κ2) is 9.73. The molecule has 1 aromatic heterocycles. The standard InChI is InChI=1S/C24H33N3O5/c1-16-21(17(2)32-25-16)15-31-20-12-26(11-18-8-7-9-19(10-18)30-6)22(28)14-27(13-20)23(29)24(3,4)5/h7-10,20H,11-15H2,1-6H3. The van der Waals surface area contributed by atoms with E-state index in [2.05, 4.69) is 5.16 Å². The van der Waals surface area contributed by atoms with Crippen LogP contribution in [0.25, 0.3) is 0 Å². The third-order valence-electron chi connectivity index (χ3n) is 5.61. The molecule has 0 bridgehead atoms. The molecule has 0 N–H and O–H groups in total. The number of ether oxygens (including phenoxy) is 2. The predicted molar refractivity (Wildman–Crippen MR) is 119 cm³/mol. The Labute approximate surface area is 189 Å². The number of aryl methyl sites for hydroxylation is 2. The highest BCUT2D eigenvalue weighted by atomic mass is 16.5. The van der Waals surface area contributed by atoms with Gasteiger partial charge in [0, 0.05) is 30.6 Å². The topological polar surface area (TPSA) is 85.1 Å². The van der Waals surface area contributed by atoms with Crippen LogP contribution in [-0.2, 0) is 27.5 Å². The van der Waals surface area contributed by atoms with E-state index in [1.807, 2.05) is 58.9 Å². The minimum absolute atomic E-state index is 0.0330. The molecular weight excluding hydrogens is 410 g/mol. The number of rotatable bonds is 6. The maximum atomic E-state index is 13.1. The van der Waals surface area contributed by atoms with Crippen LogP contribution >= 0.6 is 0 Å². The van der Waals surface area contributed by atoms with Crippen LogP contribution in [0.1, 0.15) is 43.4 Å². The van der Waals surface area contributed by atoms with Crippen LogP contribution < -0.4 is 4.74 Å². The van der Waals surface area contributed by atoms with Gasteiger partial charge in [0.1, 0.15) is 11.5 Å². The van der Waals surface area contributed by atoms with Gasteiger partial charge in [0.25, 0.3) is 0 Å². The first-order valence-electron chi connectivity index (χ1n) is 10.8. The minimum Gasteiger partial charge on any atom is -0.497 e. The SMILES string of the molecule is COc1cccc(CN2CC(OCc3c(C)noc3C)CN(C(=O)C(C)(C)C)CC2=O)c1. The summed E-state index contributed by atoms with van der Waals surface area (Å²) in [6.07, 6.45) is -0.341. The van der Waals surface area contributed by atoms with Crippen molar-refractivity contribution in [2.45, 2.75) is 53.9 Å². The molecule has 0 aliphatic carbocycles. The molecule has 0 saturated carbocycles. The van der Waals surface area contributed by atoms with Crippen molar-refractivity contribution in [3.8, 4) is 5.75 Å². The third-order valence-corrected chi connectivity index (χ3v) is 5.61. The number of amides is 2. The maximum Gasteiger partial charge on any atom is 0.242 e. The number of hydrogen-bond donors (Lipinski definition) is 0. The average molecular weight is 444 g/mol. The van der Waals surface area contributed by atoms with Gasteiger partial charge in [0.05, 0.1) is 32.1 Å². The van der Waals surface area contributed by atoms with E-state index in [-0.39, 0.29) is 24.5 Å². The number of benzene rings is 1. The molecule has 2 amide bonds. The lowest BCUT2D eigenvalue weighted by Gasteiger charge is -2.29. The summed E-state index contributed by atoms with van der Waals surface area (Å²) in [6.45, 7) is 10.8. The highest BCUT2D eigenvalue weighted by molar-refractivity contribution is 5.87. The number of carbonyl (C=O) groups is 2. The largest absolute Gasteiger partial charge is 0.497 e. The van der Waals surface area contributed by atoms with Crippen LogP contribution in [0.4, 0.5) is 0 Å². The van der Waals surface area contributed by atoms with Gasteiger partial charge in [-0.25, -0.2) is 0 Å². The summed E-state index contributed by atoms with van der Waals surface area (Å²) in [4.78, 5) is 29.5. The van der Waals surface area contributed by atoms with E-state index >= 15 is 0 Å². The van der Waals surface area contributed by atoms with Crippen molar-refractivity contribution >= 4 is 11.8 Å². The monoisotopic (exact) mass is 443 g/mol. The van der Waals surface area contributed by atoms with Crippen molar-refractivity contribution in [2.24, 2.45) is 5.41 Å². The minimum atomic E-state index is -0.589. The van der Waals surface area contributed by atoms with Crippen molar-refractivity contribution < 1.29 is 23.6 Å². The molecule has 1 saturated heterocycles. The number of nitrogens with zero attached hydrogens (tertiary/aromatic N) is 3. The lowest BCUT2D eigenvalue weighted by Crippen LogP contribution is -2.45. The Bertz CT molecular complexity index is 943. The zero-order valence-electron chi connectivity index (χ0n) is 19.8. The van der Waals surface area contributed by atoms with Crippen molar-refractivity contribution in [3.05, 3.63) is 46.8 Å². The van der Waals surface area contributed by atoms with E-state index in [1.165, 1.54) is 0 Å². The smallest absolute Gasteiger partial charge is 0.242 e. The molecule has 0 radical (unpaired) electrons. The van der Waals surface area contributed by atoms with Crippen LogP contribution in [-0.4, -0.2) is 59.6 Å². The van der Waals surface area contributed by atoms with Crippen LogP contribution in [0.2, 0.25) is 0 Å². The second-order valence-corrected chi connectivity index (χ2v) is 9.30. The molecule has 2 heterocycles. The molecule has 1 atom stereocenters. The summed E-state index contributed by atoms with van der Waals surface area (Å²) in [6, 6.07) is 7.64. The Balaban J connectivity index is 1.81. The molecule has 1 aliphatic rings. The van der Waals surface area contributed by atoms with Gasteiger partial charge in [-0.1, -0.05) is 38.1 Å². The first kappa shape index (κ1) is 23.8. The van der Waals surface area contributed by atoms with Crippen LogP contribution in [0.15, 0.2) is 28.8 Å². The fraction of sp³-hybridized carbons (Fsp3) is 0.542. The first-order valence-corrected chi connectivity index (χ1v) is 10.8. The quantitative estimate of drug-likeness (QED) is 0.682. The Morgan fingerprint density at radius 3 is 2.62 bits per heavy atom. The first-order chi connectivity index (χ1) is 15.1. The Morgan fingerprint density at radius 1 is 1.25 bits per heavy atom. The third kappa shape index (κ3) is 5.68. The molecular formula is C24H33N3O5. The molecule has 32 heavy (non-hydrogen) atoms. The molecule has 8 nitrogen and oxygen atoms in total. The molecule has 0 spiro atoms. The zero-order valence-corrected chi connectivity index (χ0v) is 19.8. The lowest BCUT2D eigenvalue weighted by atomic mass is 9.94. The molecule has 3 rings (SSSR count). The van der Waals surface area contributed by atoms with Gasteiger partial charge >= 0.3 is 0 Å². The van der Waals surface area contributed by atoms with Gasteiger partial charge in [0.15, 0.2) is 0 Å². The van der Waals surface area contributed by atoms with E-state index in [9.17, 15) is 9.59 Å². The molecule has 1 aliphatic heterocycles. The van der Waals surface area contributed by atoms with Crippen molar-refractivity contribution in [3.63, 3.8) is 0 Å². The van der Waals surface area contributed by atoms with E-state index < -0.39 is 5.41 Å². The second-order valence-electron chi connectivity index (χ2n) is 9.30. The fourth-order valence-corrected chi connectivity index (χ4v) is 3.77. The van der Waals surface area contributed by atoms with Gasteiger partial charge in [-0.15, -0.1) is 0 Å². The van der Waals surface area contributed by atoms with E-state index in [0.29, 0.717) is 32.0 Å². The number of carbonyl (C=O) groups excluding carboxylic acids is 2. The van der Waals surface area contributed by atoms with Gasteiger partial charge in [-0.3, -0.25) is 9.59 Å². The van der Waals surface area contributed by atoms with Crippen molar-refractivity contribution in [1.82, 2.24) is 15.0 Å². The molecule has 1 aromatic carbocycles. The number of hydrogen-bond acceptors (Lipinski definition) is 6. The summed E-state index contributed by atoms with van der Waals surface area (Å²) in [5.74, 6) is 1.28. The highest BCUT2D eigenvalue weighted by Gasteiger charge is 2.35. The van der Waals surface area contributed by atoms with Gasteiger partial charge < -0.3 is 23.8 Å². The summed E-state index contributed by atoms with van der Waals surface area (Å²) in [5.41, 5.74) is 2.04. The summed E-state index contributed by atoms with van der Waals surface area (Å²) >= 11 is 0. The van der Waals surface area contributed by atoms with E-state index in [4.69, 9.17) is 14.0 Å². The highest BCUT2D eigenvalue weighted by Crippen LogP contribution is 2.23. The Morgan fingerprint density at radius 2 is 2.00 bits per heavy atom. The van der Waals surface area contributed by atoms with Crippen molar-refractivity contribution in [2.75, 3.05) is 26.7 Å². The zero-order chi connectivity index (χ0) is 23.5. The normalized spacial score (nSPS) is 17.4. The Kier molecular flexibility index (Phi) is 7.23. The lowest BCUT2D eigenvalue weighted by molar-refractivity contribution is -0.144. The predicted octanol–water partition coefficient (Wildman–Crippen LogP) is 3.10. The van der Waals surface area contributed by atoms with Crippen molar-refractivity contribution in [1.29, 1.82) is 0 Å². The Hall–Kier alpha value is -2.87. The number of aromatic nitrogens is 1. The summed E-state index contributed by atoms with van der Waals surface area (Å²) in [5, 5.41) is 3.98. The summed E-state index contributed by atoms with van der Waals surface area (Å²) < 4.78 is 16.8.